The summed E-state index contributed by atoms with van der Waals surface area (Å²) in [5.41, 5.74) is 1.58. The first-order chi connectivity index (χ1) is 15.1. The van der Waals surface area contributed by atoms with Gasteiger partial charge < -0.3 is 14.2 Å². The summed E-state index contributed by atoms with van der Waals surface area (Å²) in [5, 5.41) is 1.93. The van der Waals surface area contributed by atoms with Gasteiger partial charge in [-0.2, -0.15) is 0 Å². The van der Waals surface area contributed by atoms with Crippen LogP contribution in [0.5, 0.6) is 11.5 Å². The molecule has 1 atom stereocenters. The van der Waals surface area contributed by atoms with Crippen molar-refractivity contribution in [1.29, 1.82) is 0 Å². The molecule has 5 rings (SSSR count). The second-order valence-corrected chi connectivity index (χ2v) is 8.92. The van der Waals surface area contributed by atoms with Crippen LogP contribution in [0.3, 0.4) is 0 Å². The molecule has 31 heavy (non-hydrogen) atoms. The van der Waals surface area contributed by atoms with E-state index in [4.69, 9.17) is 14.2 Å². The lowest BCUT2D eigenvalue weighted by Gasteiger charge is -2.23. The zero-order chi connectivity index (χ0) is 21.5. The largest absolute Gasteiger partial charge is 0.463 e. The van der Waals surface area contributed by atoms with Crippen molar-refractivity contribution in [2.45, 2.75) is 19.9 Å². The smallest absolute Gasteiger partial charge is 0.338 e. The number of benzene rings is 1. The number of allylic oxidation sites excluding steroid dienone is 1. The molecule has 158 valence electrons. The van der Waals surface area contributed by atoms with E-state index in [1.807, 2.05) is 35.7 Å². The van der Waals surface area contributed by atoms with E-state index in [1.165, 1.54) is 22.7 Å². The van der Waals surface area contributed by atoms with Crippen molar-refractivity contribution < 1.29 is 19.0 Å². The lowest BCUT2D eigenvalue weighted by molar-refractivity contribution is -0.139. The third-order valence-electron chi connectivity index (χ3n) is 5.02. The number of esters is 1. The van der Waals surface area contributed by atoms with Crippen LogP contribution in [0, 0.1) is 0 Å². The van der Waals surface area contributed by atoms with Gasteiger partial charge in [0.1, 0.15) is 6.04 Å². The molecule has 0 radical (unpaired) electrons. The average molecular weight is 455 g/mol. The minimum Gasteiger partial charge on any atom is -0.463 e. The van der Waals surface area contributed by atoms with E-state index in [2.05, 4.69) is 4.99 Å². The number of rotatable bonds is 4. The van der Waals surface area contributed by atoms with Gasteiger partial charge >= 0.3 is 5.97 Å². The highest BCUT2D eigenvalue weighted by Crippen LogP contribution is 2.34. The van der Waals surface area contributed by atoms with Gasteiger partial charge in [-0.3, -0.25) is 9.36 Å². The highest BCUT2D eigenvalue weighted by Gasteiger charge is 2.33. The van der Waals surface area contributed by atoms with Crippen molar-refractivity contribution in [3.8, 4) is 11.5 Å². The van der Waals surface area contributed by atoms with E-state index in [1.54, 1.807) is 24.5 Å². The van der Waals surface area contributed by atoms with Gasteiger partial charge in [-0.15, -0.1) is 11.3 Å². The first-order valence-corrected chi connectivity index (χ1v) is 11.4. The Balaban J connectivity index is 1.68. The minimum atomic E-state index is -0.561. The predicted molar refractivity (Wildman–Crippen MR) is 117 cm³/mol. The maximum Gasteiger partial charge on any atom is 0.338 e. The SMILES string of the molecule is CCOC(=O)C1=C(C)N=c2s/c(=C/c3ccc4c(c3)OCO4)c(=O)n2[C@H]1c1cccs1. The Bertz CT molecular complexity index is 1380. The van der Waals surface area contributed by atoms with Gasteiger partial charge in [0, 0.05) is 4.88 Å². The maximum absolute atomic E-state index is 13.4. The third-order valence-corrected chi connectivity index (χ3v) is 6.93. The van der Waals surface area contributed by atoms with E-state index in [0.29, 0.717) is 32.1 Å². The molecule has 0 amide bonds. The highest BCUT2D eigenvalue weighted by molar-refractivity contribution is 7.10. The number of fused-ring (bicyclic) bond motifs is 2. The first-order valence-electron chi connectivity index (χ1n) is 9.69. The lowest BCUT2D eigenvalue weighted by atomic mass is 10.0. The molecule has 0 saturated carbocycles. The molecule has 4 heterocycles. The molecule has 0 saturated heterocycles. The van der Waals surface area contributed by atoms with Crippen molar-refractivity contribution >= 4 is 34.7 Å². The average Bonchev–Trinajstić information content (AvgIpc) is 3.48. The van der Waals surface area contributed by atoms with Crippen LogP contribution >= 0.6 is 22.7 Å². The van der Waals surface area contributed by atoms with Crippen molar-refractivity contribution in [3.05, 3.63) is 77.1 Å². The molecule has 3 aromatic rings. The van der Waals surface area contributed by atoms with Crippen molar-refractivity contribution in [1.82, 2.24) is 4.57 Å². The summed E-state index contributed by atoms with van der Waals surface area (Å²) in [6.45, 7) is 3.98. The molecule has 9 heteroatoms. The van der Waals surface area contributed by atoms with Gasteiger partial charge in [-0.1, -0.05) is 23.5 Å². The molecule has 0 spiro atoms. The van der Waals surface area contributed by atoms with Gasteiger partial charge in [0.05, 0.1) is 22.4 Å². The number of nitrogens with zero attached hydrogens (tertiary/aromatic N) is 2. The van der Waals surface area contributed by atoms with Crippen LogP contribution < -0.4 is 24.4 Å². The summed E-state index contributed by atoms with van der Waals surface area (Å²) >= 11 is 2.79. The van der Waals surface area contributed by atoms with E-state index < -0.39 is 12.0 Å². The Labute approximate surface area is 185 Å². The van der Waals surface area contributed by atoms with Crippen molar-refractivity contribution in [3.63, 3.8) is 0 Å². The zero-order valence-corrected chi connectivity index (χ0v) is 18.4. The lowest BCUT2D eigenvalue weighted by Crippen LogP contribution is -2.39. The van der Waals surface area contributed by atoms with Gasteiger partial charge in [0.2, 0.25) is 6.79 Å². The number of ether oxygens (including phenoxy) is 3. The van der Waals surface area contributed by atoms with Crippen LogP contribution in [0.4, 0.5) is 0 Å². The number of aromatic nitrogens is 1. The molecule has 1 aromatic carbocycles. The summed E-state index contributed by atoms with van der Waals surface area (Å²) in [7, 11) is 0. The number of hydrogen-bond acceptors (Lipinski definition) is 8. The Morgan fingerprint density at radius 1 is 1.32 bits per heavy atom. The zero-order valence-electron chi connectivity index (χ0n) is 16.8. The second-order valence-electron chi connectivity index (χ2n) is 6.93. The first kappa shape index (κ1) is 19.8. The molecule has 0 unspecified atom stereocenters. The third kappa shape index (κ3) is 3.39. The number of carbonyl (C=O) groups is 1. The molecular weight excluding hydrogens is 436 g/mol. The number of carbonyl (C=O) groups excluding carboxylic acids is 1. The summed E-state index contributed by atoms with van der Waals surface area (Å²) < 4.78 is 18.2. The monoisotopic (exact) mass is 454 g/mol. The fourth-order valence-electron chi connectivity index (χ4n) is 3.66. The van der Waals surface area contributed by atoms with E-state index >= 15 is 0 Å². The molecule has 2 aliphatic rings. The molecular formula is C22H18N2O5S2. The molecule has 0 aliphatic carbocycles. The van der Waals surface area contributed by atoms with Crippen molar-refractivity contribution in [2.75, 3.05) is 13.4 Å². The quantitative estimate of drug-likeness (QED) is 0.567. The van der Waals surface area contributed by atoms with Crippen molar-refractivity contribution in [2.24, 2.45) is 4.99 Å². The molecule has 2 aromatic heterocycles. The standard InChI is InChI=1S/C22H18N2O5S2/c1-3-27-21(26)18-12(2)23-22-24(19(18)16-5-4-8-30-16)20(25)17(31-22)10-13-6-7-14-15(9-13)29-11-28-14/h4-10,19H,3,11H2,1-2H3/b17-10+/t19-/m0/s1. The van der Waals surface area contributed by atoms with E-state index in [9.17, 15) is 9.59 Å². The van der Waals surface area contributed by atoms with E-state index in [0.717, 1.165) is 10.4 Å². The van der Waals surface area contributed by atoms with E-state index in [-0.39, 0.29) is 19.0 Å². The van der Waals surface area contributed by atoms with Crippen LogP contribution in [-0.4, -0.2) is 23.9 Å². The fraction of sp³-hybridized carbons (Fsp3) is 0.227. The predicted octanol–water partition coefficient (Wildman–Crippen LogP) is 2.59. The molecule has 0 fully saturated rings. The maximum atomic E-state index is 13.4. The van der Waals surface area contributed by atoms with Crippen LogP contribution in [0.2, 0.25) is 0 Å². The Morgan fingerprint density at radius 3 is 2.94 bits per heavy atom. The fourth-order valence-corrected chi connectivity index (χ4v) is 5.53. The summed E-state index contributed by atoms with van der Waals surface area (Å²) in [5.74, 6) is 0.886. The minimum absolute atomic E-state index is 0.192. The topological polar surface area (TPSA) is 79.1 Å². The van der Waals surface area contributed by atoms with Crippen LogP contribution in [0.15, 0.2) is 56.8 Å². The van der Waals surface area contributed by atoms with Gasteiger partial charge in [0.15, 0.2) is 16.3 Å². The van der Waals surface area contributed by atoms with Crippen LogP contribution in [0.1, 0.15) is 30.3 Å². The Hall–Kier alpha value is -3.17. The number of thiazole rings is 1. The highest BCUT2D eigenvalue weighted by atomic mass is 32.1. The van der Waals surface area contributed by atoms with Crippen LogP contribution in [0.25, 0.3) is 6.08 Å². The number of hydrogen-bond donors (Lipinski definition) is 0. The molecule has 0 N–H and O–H groups in total. The Kier molecular flexibility index (Phi) is 4.99. The molecule has 7 nitrogen and oxygen atoms in total. The second kappa shape index (κ2) is 7.82. The Morgan fingerprint density at radius 2 is 2.16 bits per heavy atom. The van der Waals surface area contributed by atoms with Crippen LogP contribution in [-0.2, 0) is 9.53 Å². The van der Waals surface area contributed by atoms with Gasteiger partial charge in [-0.25, -0.2) is 9.79 Å². The molecule has 0 bridgehead atoms. The normalized spacial score (nSPS) is 17.5. The summed E-state index contributed by atoms with van der Waals surface area (Å²) in [6.07, 6.45) is 1.81. The summed E-state index contributed by atoms with van der Waals surface area (Å²) in [4.78, 5) is 32.2. The van der Waals surface area contributed by atoms with Gasteiger partial charge in [0.25, 0.3) is 5.56 Å². The summed E-state index contributed by atoms with van der Waals surface area (Å²) in [6, 6.07) is 8.80. The van der Waals surface area contributed by atoms with Gasteiger partial charge in [-0.05, 0) is 49.1 Å². The number of thiophene rings is 1. The molecule has 2 aliphatic heterocycles.